The molecule has 1 atom stereocenters. The van der Waals surface area contributed by atoms with E-state index in [0.717, 1.165) is 32.3 Å². The highest BCUT2D eigenvalue weighted by molar-refractivity contribution is 5.88. The molecule has 1 aromatic heterocycles. The number of aromatic nitrogens is 1. The van der Waals surface area contributed by atoms with E-state index in [1.165, 1.54) is 12.1 Å². The maximum atomic E-state index is 12.8. The van der Waals surface area contributed by atoms with E-state index >= 15 is 0 Å². The number of pyridine rings is 1. The zero-order valence-electron chi connectivity index (χ0n) is 16.8. The molecule has 1 aromatic rings. The highest BCUT2D eigenvalue weighted by atomic mass is 19.4. The quantitative estimate of drug-likeness (QED) is 0.818. The standard InChI is InChI=1S/C19H28F3N5O2/c1-14(2)27-10-11-29-15(13-27)12-25-6-8-26(9-7-25)18(28)24-17-5-3-4-16(23-17)19(20,21)22/h3-5,14-15H,6-13H2,1-2H3,(H,23,24,28)/t15-/m0/s1. The first kappa shape index (κ1) is 21.8. The molecular formula is C19H28F3N5O2. The van der Waals surface area contributed by atoms with Crippen LogP contribution in [0.5, 0.6) is 0 Å². The number of carbonyl (C=O) groups excluding carboxylic acids is 1. The molecule has 29 heavy (non-hydrogen) atoms. The van der Waals surface area contributed by atoms with Crippen molar-refractivity contribution < 1.29 is 22.7 Å². The molecule has 0 unspecified atom stereocenters. The highest BCUT2D eigenvalue weighted by Crippen LogP contribution is 2.28. The second-order valence-electron chi connectivity index (χ2n) is 7.71. The second kappa shape index (κ2) is 9.27. The minimum absolute atomic E-state index is 0.100. The Kier molecular flexibility index (Phi) is 6.97. The van der Waals surface area contributed by atoms with E-state index in [1.807, 2.05) is 0 Å². The third kappa shape index (κ3) is 6.03. The fourth-order valence-corrected chi connectivity index (χ4v) is 3.59. The second-order valence-corrected chi connectivity index (χ2v) is 7.71. The number of carbonyl (C=O) groups is 1. The van der Waals surface area contributed by atoms with Crippen molar-refractivity contribution in [2.24, 2.45) is 0 Å². The van der Waals surface area contributed by atoms with Gasteiger partial charge in [-0.25, -0.2) is 9.78 Å². The van der Waals surface area contributed by atoms with E-state index < -0.39 is 17.9 Å². The molecule has 7 nitrogen and oxygen atoms in total. The Balaban J connectivity index is 1.46. The lowest BCUT2D eigenvalue weighted by Crippen LogP contribution is -2.54. The maximum absolute atomic E-state index is 12.8. The third-order valence-electron chi connectivity index (χ3n) is 5.30. The fraction of sp³-hybridized carbons (Fsp3) is 0.684. The van der Waals surface area contributed by atoms with E-state index in [1.54, 1.807) is 4.90 Å². The molecule has 2 aliphatic heterocycles. The van der Waals surface area contributed by atoms with Crippen LogP contribution in [0.4, 0.5) is 23.8 Å². The molecule has 3 rings (SSSR count). The zero-order valence-corrected chi connectivity index (χ0v) is 16.8. The van der Waals surface area contributed by atoms with Crippen molar-refractivity contribution in [3.05, 3.63) is 23.9 Å². The monoisotopic (exact) mass is 415 g/mol. The van der Waals surface area contributed by atoms with Gasteiger partial charge in [-0.15, -0.1) is 0 Å². The van der Waals surface area contributed by atoms with E-state index in [2.05, 4.69) is 33.9 Å². The summed E-state index contributed by atoms with van der Waals surface area (Å²) in [5, 5.41) is 2.46. The molecule has 0 bridgehead atoms. The lowest BCUT2D eigenvalue weighted by molar-refractivity contribution is -0.141. The van der Waals surface area contributed by atoms with Crippen LogP contribution in [0.3, 0.4) is 0 Å². The topological polar surface area (TPSA) is 60.9 Å². The normalized spacial score (nSPS) is 22.1. The summed E-state index contributed by atoms with van der Waals surface area (Å²) in [5.74, 6) is -0.100. The van der Waals surface area contributed by atoms with Crippen molar-refractivity contribution >= 4 is 11.8 Å². The predicted octanol–water partition coefficient (Wildman–Crippen LogP) is 2.36. The average Bonchev–Trinajstić information content (AvgIpc) is 2.68. The van der Waals surface area contributed by atoms with Gasteiger partial charge in [0.1, 0.15) is 11.5 Å². The van der Waals surface area contributed by atoms with E-state index in [4.69, 9.17) is 4.74 Å². The number of piperazine rings is 1. The number of halogens is 3. The van der Waals surface area contributed by atoms with Crippen LogP contribution in [0.1, 0.15) is 19.5 Å². The van der Waals surface area contributed by atoms with Gasteiger partial charge in [0.15, 0.2) is 0 Å². The number of ether oxygens (including phenoxy) is 1. The number of alkyl halides is 3. The van der Waals surface area contributed by atoms with Crippen molar-refractivity contribution in [1.29, 1.82) is 0 Å². The Morgan fingerprint density at radius 3 is 2.62 bits per heavy atom. The summed E-state index contributed by atoms with van der Waals surface area (Å²) in [4.78, 5) is 22.1. The van der Waals surface area contributed by atoms with Gasteiger partial charge in [0.05, 0.1) is 12.7 Å². The molecule has 2 fully saturated rings. The molecule has 0 aromatic carbocycles. The van der Waals surface area contributed by atoms with Crippen molar-refractivity contribution in [1.82, 2.24) is 19.7 Å². The zero-order chi connectivity index (χ0) is 21.0. The number of morpholine rings is 1. The van der Waals surface area contributed by atoms with Gasteiger partial charge < -0.3 is 9.64 Å². The lowest BCUT2D eigenvalue weighted by Gasteiger charge is -2.40. The minimum Gasteiger partial charge on any atom is -0.374 e. The van der Waals surface area contributed by atoms with E-state index in [0.29, 0.717) is 32.2 Å². The summed E-state index contributed by atoms with van der Waals surface area (Å²) in [6.07, 6.45) is -4.39. The minimum atomic E-state index is -4.54. The first-order valence-electron chi connectivity index (χ1n) is 9.90. The van der Waals surface area contributed by atoms with Gasteiger partial charge in [0.25, 0.3) is 0 Å². The summed E-state index contributed by atoms with van der Waals surface area (Å²) >= 11 is 0. The average molecular weight is 415 g/mol. The number of anilines is 1. The largest absolute Gasteiger partial charge is 0.433 e. The number of nitrogens with zero attached hydrogens (tertiary/aromatic N) is 4. The molecule has 3 heterocycles. The first-order chi connectivity index (χ1) is 13.7. The van der Waals surface area contributed by atoms with E-state index in [9.17, 15) is 18.0 Å². The van der Waals surface area contributed by atoms with Gasteiger partial charge in [-0.05, 0) is 26.0 Å². The van der Waals surface area contributed by atoms with Crippen molar-refractivity contribution in [2.75, 3.05) is 57.7 Å². The third-order valence-corrected chi connectivity index (χ3v) is 5.30. The summed E-state index contributed by atoms with van der Waals surface area (Å²) in [6, 6.07) is 3.52. The Bertz CT molecular complexity index is 693. The van der Waals surface area contributed by atoms with Crippen LogP contribution in [-0.2, 0) is 10.9 Å². The van der Waals surface area contributed by atoms with Gasteiger partial charge >= 0.3 is 12.2 Å². The molecule has 0 aliphatic carbocycles. The van der Waals surface area contributed by atoms with E-state index in [-0.39, 0.29) is 11.9 Å². The first-order valence-corrected chi connectivity index (χ1v) is 9.90. The van der Waals surface area contributed by atoms with Crippen LogP contribution in [-0.4, -0.2) is 90.3 Å². The molecule has 2 saturated heterocycles. The summed E-state index contributed by atoms with van der Waals surface area (Å²) in [6.45, 7) is 10.2. The molecule has 0 saturated carbocycles. The summed E-state index contributed by atoms with van der Waals surface area (Å²) < 4.78 is 44.2. The number of urea groups is 1. The molecule has 2 amide bonds. The Morgan fingerprint density at radius 1 is 1.24 bits per heavy atom. The molecule has 2 aliphatic rings. The highest BCUT2D eigenvalue weighted by Gasteiger charge is 2.33. The smallest absolute Gasteiger partial charge is 0.374 e. The fourth-order valence-electron chi connectivity index (χ4n) is 3.59. The van der Waals surface area contributed by atoms with Crippen LogP contribution < -0.4 is 5.32 Å². The van der Waals surface area contributed by atoms with Gasteiger partial charge in [-0.1, -0.05) is 6.07 Å². The Hall–Kier alpha value is -1.91. The Morgan fingerprint density at radius 2 is 1.97 bits per heavy atom. The SMILES string of the molecule is CC(C)N1CCO[C@@H](CN2CCN(C(=O)Nc3cccc(C(F)(F)F)n3)CC2)C1. The predicted molar refractivity (Wildman–Crippen MR) is 103 cm³/mol. The summed E-state index contributed by atoms with van der Waals surface area (Å²) in [7, 11) is 0. The van der Waals surface area contributed by atoms with Crippen LogP contribution in [0, 0.1) is 0 Å². The number of hydrogen-bond donors (Lipinski definition) is 1. The van der Waals surface area contributed by atoms with Crippen molar-refractivity contribution in [3.8, 4) is 0 Å². The molecule has 0 spiro atoms. The molecule has 0 radical (unpaired) electrons. The molecular weight excluding hydrogens is 387 g/mol. The maximum Gasteiger partial charge on any atom is 0.433 e. The van der Waals surface area contributed by atoms with Gasteiger partial charge in [0.2, 0.25) is 0 Å². The lowest BCUT2D eigenvalue weighted by atomic mass is 10.2. The Labute approximate surface area is 168 Å². The molecule has 1 N–H and O–H groups in total. The number of amides is 2. The van der Waals surface area contributed by atoms with Crippen LogP contribution in [0.25, 0.3) is 0 Å². The number of rotatable bonds is 4. The number of nitrogens with one attached hydrogen (secondary N) is 1. The van der Waals surface area contributed by atoms with Gasteiger partial charge in [-0.3, -0.25) is 15.1 Å². The summed E-state index contributed by atoms with van der Waals surface area (Å²) in [5.41, 5.74) is -1.02. The van der Waals surface area contributed by atoms with Gasteiger partial charge in [-0.2, -0.15) is 13.2 Å². The molecule has 10 heteroatoms. The van der Waals surface area contributed by atoms with Crippen LogP contribution in [0.15, 0.2) is 18.2 Å². The van der Waals surface area contributed by atoms with Crippen molar-refractivity contribution in [3.63, 3.8) is 0 Å². The van der Waals surface area contributed by atoms with Crippen LogP contribution in [0.2, 0.25) is 0 Å². The van der Waals surface area contributed by atoms with Gasteiger partial charge in [0, 0.05) is 51.9 Å². The van der Waals surface area contributed by atoms with Crippen LogP contribution >= 0.6 is 0 Å². The van der Waals surface area contributed by atoms with Crippen molar-refractivity contribution in [2.45, 2.75) is 32.2 Å². The number of hydrogen-bond acceptors (Lipinski definition) is 5. The molecule has 162 valence electrons.